The number of para-hydroxylation sites is 1. The first-order chi connectivity index (χ1) is 6.63. The van der Waals surface area contributed by atoms with Gasteiger partial charge in [0.2, 0.25) is 0 Å². The van der Waals surface area contributed by atoms with E-state index < -0.39 is 0 Å². The Morgan fingerprint density at radius 3 is 2.71 bits per heavy atom. The fourth-order valence-corrected chi connectivity index (χ4v) is 1.74. The number of benzene rings is 1. The fourth-order valence-electron chi connectivity index (χ4n) is 1.74. The fraction of sp³-hybridized carbons (Fsp3) is 0.417. The highest BCUT2D eigenvalue weighted by molar-refractivity contribution is 5.82. The zero-order valence-electron chi connectivity index (χ0n) is 8.87. The van der Waals surface area contributed by atoms with Crippen LogP contribution in [0.15, 0.2) is 29.3 Å². The summed E-state index contributed by atoms with van der Waals surface area (Å²) in [7, 11) is 0. The van der Waals surface area contributed by atoms with E-state index in [1.54, 1.807) is 0 Å². The second kappa shape index (κ2) is 3.12. The molecule has 2 nitrogen and oxygen atoms in total. The van der Waals surface area contributed by atoms with Crippen LogP contribution in [0.25, 0.3) is 0 Å². The summed E-state index contributed by atoms with van der Waals surface area (Å²) in [6, 6.07) is 8.15. The standard InChI is InChI=1S/C12H15NO/c1-4-11-13-10-8-6-5-7-9(10)12(2,3)14-11/h5-8H,4H2,1-3H3. The lowest BCUT2D eigenvalue weighted by molar-refractivity contribution is 0.0865. The van der Waals surface area contributed by atoms with Gasteiger partial charge in [-0.2, -0.15) is 0 Å². The molecule has 74 valence electrons. The molecule has 0 bridgehead atoms. The van der Waals surface area contributed by atoms with Crippen LogP contribution >= 0.6 is 0 Å². The van der Waals surface area contributed by atoms with Gasteiger partial charge in [-0.15, -0.1) is 0 Å². The van der Waals surface area contributed by atoms with E-state index in [9.17, 15) is 0 Å². The maximum atomic E-state index is 5.80. The largest absolute Gasteiger partial charge is 0.470 e. The van der Waals surface area contributed by atoms with E-state index >= 15 is 0 Å². The van der Waals surface area contributed by atoms with E-state index in [1.165, 1.54) is 0 Å². The van der Waals surface area contributed by atoms with Gasteiger partial charge in [0, 0.05) is 12.0 Å². The molecule has 1 aromatic carbocycles. The number of nitrogens with zero attached hydrogens (tertiary/aromatic N) is 1. The molecule has 1 aliphatic rings. The van der Waals surface area contributed by atoms with E-state index in [2.05, 4.69) is 31.8 Å². The van der Waals surface area contributed by atoms with Crippen LogP contribution in [-0.2, 0) is 10.3 Å². The summed E-state index contributed by atoms with van der Waals surface area (Å²) in [4.78, 5) is 4.45. The van der Waals surface area contributed by atoms with Gasteiger partial charge in [0.25, 0.3) is 0 Å². The maximum absolute atomic E-state index is 5.80. The van der Waals surface area contributed by atoms with Crippen LogP contribution < -0.4 is 0 Å². The van der Waals surface area contributed by atoms with Gasteiger partial charge >= 0.3 is 0 Å². The first-order valence-corrected chi connectivity index (χ1v) is 4.99. The molecular weight excluding hydrogens is 174 g/mol. The molecule has 0 radical (unpaired) electrons. The molecule has 0 unspecified atom stereocenters. The molecule has 2 heteroatoms. The number of aliphatic imine (C=N–C) groups is 1. The molecule has 0 spiro atoms. The van der Waals surface area contributed by atoms with Crippen LogP contribution in [0.4, 0.5) is 5.69 Å². The van der Waals surface area contributed by atoms with Gasteiger partial charge in [0.15, 0.2) is 5.90 Å². The van der Waals surface area contributed by atoms with Gasteiger partial charge in [-0.25, -0.2) is 4.99 Å². The Labute approximate surface area is 84.6 Å². The van der Waals surface area contributed by atoms with Crippen molar-refractivity contribution in [3.63, 3.8) is 0 Å². The maximum Gasteiger partial charge on any atom is 0.189 e. The van der Waals surface area contributed by atoms with Gasteiger partial charge in [-0.1, -0.05) is 25.1 Å². The van der Waals surface area contributed by atoms with Gasteiger partial charge in [-0.3, -0.25) is 0 Å². The first-order valence-electron chi connectivity index (χ1n) is 4.99. The molecule has 1 heterocycles. The highest BCUT2D eigenvalue weighted by Crippen LogP contribution is 2.37. The Kier molecular flexibility index (Phi) is 2.06. The average Bonchev–Trinajstić information content (AvgIpc) is 2.17. The molecule has 0 amide bonds. The molecule has 0 saturated heterocycles. The van der Waals surface area contributed by atoms with Crippen molar-refractivity contribution < 1.29 is 4.74 Å². The third kappa shape index (κ3) is 1.41. The van der Waals surface area contributed by atoms with Gasteiger partial charge in [0.05, 0.1) is 5.69 Å². The van der Waals surface area contributed by atoms with Crippen LogP contribution in [0.3, 0.4) is 0 Å². The Balaban J connectivity index is 2.55. The van der Waals surface area contributed by atoms with Gasteiger partial charge < -0.3 is 4.74 Å². The molecule has 0 aliphatic carbocycles. The monoisotopic (exact) mass is 189 g/mol. The van der Waals surface area contributed by atoms with Crippen LogP contribution in [0.2, 0.25) is 0 Å². The molecule has 0 atom stereocenters. The minimum Gasteiger partial charge on any atom is -0.470 e. The number of hydrogen-bond acceptors (Lipinski definition) is 2. The number of rotatable bonds is 1. The van der Waals surface area contributed by atoms with Crippen LogP contribution in [0.1, 0.15) is 32.8 Å². The van der Waals surface area contributed by atoms with E-state index in [0.717, 1.165) is 23.6 Å². The second-order valence-electron chi connectivity index (χ2n) is 3.99. The minimum atomic E-state index is -0.246. The molecule has 1 aliphatic heterocycles. The van der Waals surface area contributed by atoms with Crippen molar-refractivity contribution in [2.45, 2.75) is 32.8 Å². The minimum absolute atomic E-state index is 0.246. The summed E-state index contributed by atoms with van der Waals surface area (Å²) < 4.78 is 5.80. The predicted octanol–water partition coefficient (Wildman–Crippen LogP) is 3.39. The zero-order chi connectivity index (χ0) is 10.2. The van der Waals surface area contributed by atoms with Crippen LogP contribution in [0.5, 0.6) is 0 Å². The molecule has 1 aromatic rings. The van der Waals surface area contributed by atoms with Crippen molar-refractivity contribution >= 4 is 11.6 Å². The molecule has 0 fully saturated rings. The lowest BCUT2D eigenvalue weighted by Crippen LogP contribution is -2.28. The highest BCUT2D eigenvalue weighted by Gasteiger charge is 2.29. The van der Waals surface area contributed by atoms with Crippen molar-refractivity contribution in [2.24, 2.45) is 4.99 Å². The van der Waals surface area contributed by atoms with Crippen molar-refractivity contribution in [1.29, 1.82) is 0 Å². The molecule has 0 N–H and O–H groups in total. The number of ether oxygens (including phenoxy) is 1. The topological polar surface area (TPSA) is 21.6 Å². The Bertz CT molecular complexity index is 380. The van der Waals surface area contributed by atoms with Crippen molar-refractivity contribution in [3.8, 4) is 0 Å². The Hall–Kier alpha value is -1.31. The first kappa shape index (κ1) is 9.25. The summed E-state index contributed by atoms with van der Waals surface area (Å²) in [5.41, 5.74) is 1.96. The summed E-state index contributed by atoms with van der Waals surface area (Å²) in [5.74, 6) is 0.828. The predicted molar refractivity (Wildman–Crippen MR) is 57.9 cm³/mol. The molecule has 0 aromatic heterocycles. The van der Waals surface area contributed by atoms with E-state index in [4.69, 9.17) is 4.74 Å². The lowest BCUT2D eigenvalue weighted by atomic mass is 9.95. The summed E-state index contributed by atoms with van der Waals surface area (Å²) in [6.07, 6.45) is 0.845. The average molecular weight is 189 g/mol. The number of fused-ring (bicyclic) bond motifs is 1. The number of hydrogen-bond donors (Lipinski definition) is 0. The summed E-state index contributed by atoms with van der Waals surface area (Å²) >= 11 is 0. The molecule has 14 heavy (non-hydrogen) atoms. The zero-order valence-corrected chi connectivity index (χ0v) is 8.87. The van der Waals surface area contributed by atoms with Crippen molar-refractivity contribution in [1.82, 2.24) is 0 Å². The van der Waals surface area contributed by atoms with Gasteiger partial charge in [0.1, 0.15) is 5.60 Å². The Morgan fingerprint density at radius 1 is 1.29 bits per heavy atom. The second-order valence-corrected chi connectivity index (χ2v) is 3.99. The summed E-state index contributed by atoms with van der Waals surface area (Å²) in [5, 5.41) is 0. The Morgan fingerprint density at radius 2 is 2.00 bits per heavy atom. The van der Waals surface area contributed by atoms with Crippen LogP contribution in [-0.4, -0.2) is 5.90 Å². The van der Waals surface area contributed by atoms with E-state index in [1.807, 2.05) is 18.2 Å². The third-order valence-corrected chi connectivity index (χ3v) is 2.47. The normalized spacial score (nSPS) is 18.1. The third-order valence-electron chi connectivity index (χ3n) is 2.47. The molecule has 0 saturated carbocycles. The lowest BCUT2D eigenvalue weighted by Gasteiger charge is -2.32. The van der Waals surface area contributed by atoms with E-state index in [-0.39, 0.29) is 5.60 Å². The molecule has 2 rings (SSSR count). The van der Waals surface area contributed by atoms with Crippen molar-refractivity contribution in [3.05, 3.63) is 29.8 Å². The summed E-state index contributed by atoms with van der Waals surface area (Å²) in [6.45, 7) is 6.22. The van der Waals surface area contributed by atoms with Crippen LogP contribution in [0, 0.1) is 0 Å². The highest BCUT2D eigenvalue weighted by atomic mass is 16.5. The van der Waals surface area contributed by atoms with Crippen molar-refractivity contribution in [2.75, 3.05) is 0 Å². The smallest absolute Gasteiger partial charge is 0.189 e. The SMILES string of the molecule is CCC1=Nc2ccccc2C(C)(C)O1. The molecular formula is C12H15NO. The van der Waals surface area contributed by atoms with Gasteiger partial charge in [-0.05, 0) is 19.9 Å². The quantitative estimate of drug-likeness (QED) is 0.663. The van der Waals surface area contributed by atoms with E-state index in [0.29, 0.717) is 0 Å².